The van der Waals surface area contributed by atoms with Crippen LogP contribution in [0.1, 0.15) is 18.4 Å². The van der Waals surface area contributed by atoms with Crippen molar-refractivity contribution in [1.82, 2.24) is 10.6 Å². The highest BCUT2D eigenvalue weighted by atomic mass is 19.1. The largest absolute Gasteiger partial charge is 0.352 e. The number of halogens is 1. The highest BCUT2D eigenvalue weighted by molar-refractivity contribution is 5.91. The predicted molar refractivity (Wildman–Crippen MR) is 74.0 cm³/mol. The summed E-state index contributed by atoms with van der Waals surface area (Å²) < 4.78 is 12.7. The van der Waals surface area contributed by atoms with Crippen LogP contribution in [-0.4, -0.2) is 25.5 Å². The van der Waals surface area contributed by atoms with Gasteiger partial charge in [0, 0.05) is 12.6 Å². The molecule has 3 nitrogen and oxygen atoms in total. The molecule has 0 bridgehead atoms. The zero-order valence-corrected chi connectivity index (χ0v) is 10.9. The van der Waals surface area contributed by atoms with Crippen LogP contribution in [0.2, 0.25) is 0 Å². The van der Waals surface area contributed by atoms with Crippen LogP contribution in [0.4, 0.5) is 4.39 Å². The average Bonchev–Trinajstić information content (AvgIpc) is 2.45. The molecular formula is C15H19FN2O. The van der Waals surface area contributed by atoms with E-state index in [1.807, 2.05) is 0 Å². The number of nitrogens with one attached hydrogen (secondary N) is 2. The molecule has 2 N–H and O–H groups in total. The fourth-order valence-electron chi connectivity index (χ4n) is 2.15. The Bertz CT molecular complexity index is 436. The fourth-order valence-corrected chi connectivity index (χ4v) is 2.15. The van der Waals surface area contributed by atoms with Crippen LogP contribution in [0.5, 0.6) is 0 Å². The third kappa shape index (κ3) is 4.83. The van der Waals surface area contributed by atoms with E-state index in [-0.39, 0.29) is 11.7 Å². The summed E-state index contributed by atoms with van der Waals surface area (Å²) in [6.45, 7) is 2.76. The molecule has 0 spiro atoms. The average molecular weight is 262 g/mol. The van der Waals surface area contributed by atoms with E-state index in [2.05, 4.69) is 10.6 Å². The van der Waals surface area contributed by atoms with Crippen LogP contribution in [0, 0.1) is 11.7 Å². The first-order valence-electron chi connectivity index (χ1n) is 6.66. The molecule has 1 aliphatic rings. The Kier molecular flexibility index (Phi) is 5.10. The molecule has 102 valence electrons. The molecule has 0 saturated carbocycles. The second kappa shape index (κ2) is 7.04. The second-order valence-electron chi connectivity index (χ2n) is 4.84. The summed E-state index contributed by atoms with van der Waals surface area (Å²) in [5.74, 6) is 0.151. The van der Waals surface area contributed by atoms with Crippen LogP contribution in [-0.2, 0) is 4.79 Å². The molecule has 1 aromatic carbocycles. The predicted octanol–water partition coefficient (Wildman–Crippen LogP) is 1.95. The van der Waals surface area contributed by atoms with Crippen LogP contribution in [0.15, 0.2) is 30.3 Å². The first kappa shape index (κ1) is 13.7. The lowest BCUT2D eigenvalue weighted by molar-refractivity contribution is -0.116. The number of amides is 1. The third-order valence-electron chi connectivity index (χ3n) is 3.26. The van der Waals surface area contributed by atoms with E-state index in [1.54, 1.807) is 18.2 Å². The summed E-state index contributed by atoms with van der Waals surface area (Å²) in [7, 11) is 0. The normalized spacial score (nSPS) is 19.5. The van der Waals surface area contributed by atoms with E-state index in [0.29, 0.717) is 12.5 Å². The molecule has 1 aromatic rings. The number of benzene rings is 1. The van der Waals surface area contributed by atoms with Gasteiger partial charge in [-0.05, 0) is 55.6 Å². The third-order valence-corrected chi connectivity index (χ3v) is 3.26. The van der Waals surface area contributed by atoms with Crippen molar-refractivity contribution in [1.29, 1.82) is 0 Å². The Hall–Kier alpha value is -1.68. The molecule has 1 fully saturated rings. The van der Waals surface area contributed by atoms with E-state index in [0.717, 1.165) is 25.1 Å². The lowest BCUT2D eigenvalue weighted by Crippen LogP contribution is -2.37. The molecular weight excluding hydrogens is 243 g/mol. The number of hydrogen-bond acceptors (Lipinski definition) is 2. The highest BCUT2D eigenvalue weighted by Gasteiger charge is 2.12. The van der Waals surface area contributed by atoms with Crippen LogP contribution >= 0.6 is 0 Å². The number of rotatable bonds is 4. The molecule has 0 radical (unpaired) electrons. The monoisotopic (exact) mass is 262 g/mol. The van der Waals surface area contributed by atoms with Crippen molar-refractivity contribution in [2.45, 2.75) is 12.8 Å². The fraction of sp³-hybridized carbons (Fsp3) is 0.400. The molecule has 1 unspecified atom stereocenters. The summed E-state index contributed by atoms with van der Waals surface area (Å²) in [6, 6.07) is 6.05. The molecule has 1 atom stereocenters. The van der Waals surface area contributed by atoms with Gasteiger partial charge in [0.2, 0.25) is 5.91 Å². The first-order chi connectivity index (χ1) is 9.24. The van der Waals surface area contributed by atoms with Gasteiger partial charge in [-0.15, -0.1) is 0 Å². The quantitative estimate of drug-likeness (QED) is 0.814. The minimum Gasteiger partial charge on any atom is -0.352 e. The van der Waals surface area contributed by atoms with Gasteiger partial charge in [-0.2, -0.15) is 0 Å². The molecule has 2 rings (SSSR count). The number of piperidine rings is 1. The van der Waals surface area contributed by atoms with E-state index < -0.39 is 0 Å². The molecule has 1 saturated heterocycles. The van der Waals surface area contributed by atoms with Crippen molar-refractivity contribution in [3.8, 4) is 0 Å². The van der Waals surface area contributed by atoms with Gasteiger partial charge in [-0.1, -0.05) is 12.1 Å². The molecule has 0 aliphatic carbocycles. The standard InChI is InChI=1S/C15H19FN2O/c16-14-6-3-12(4-7-14)5-8-15(19)18-11-13-2-1-9-17-10-13/h3-8,13,17H,1-2,9-11H2,(H,18,19). The van der Waals surface area contributed by atoms with Gasteiger partial charge in [0.15, 0.2) is 0 Å². The smallest absolute Gasteiger partial charge is 0.244 e. The van der Waals surface area contributed by atoms with Crippen LogP contribution in [0.3, 0.4) is 0 Å². The minimum atomic E-state index is -0.272. The second-order valence-corrected chi connectivity index (χ2v) is 4.84. The van der Waals surface area contributed by atoms with Crippen molar-refractivity contribution >= 4 is 12.0 Å². The van der Waals surface area contributed by atoms with Crippen molar-refractivity contribution in [2.75, 3.05) is 19.6 Å². The topological polar surface area (TPSA) is 41.1 Å². The Balaban J connectivity index is 1.75. The van der Waals surface area contributed by atoms with E-state index in [1.165, 1.54) is 24.6 Å². The lowest BCUT2D eigenvalue weighted by atomic mass is 10.00. The van der Waals surface area contributed by atoms with Gasteiger partial charge in [0.1, 0.15) is 5.82 Å². The molecule has 19 heavy (non-hydrogen) atoms. The molecule has 1 aliphatic heterocycles. The van der Waals surface area contributed by atoms with Crippen LogP contribution in [0.25, 0.3) is 6.08 Å². The Morgan fingerprint density at radius 1 is 1.42 bits per heavy atom. The van der Waals surface area contributed by atoms with Gasteiger partial charge in [0.25, 0.3) is 0 Å². The lowest BCUT2D eigenvalue weighted by Gasteiger charge is -2.22. The SMILES string of the molecule is O=C(C=Cc1ccc(F)cc1)NCC1CCCNC1. The summed E-state index contributed by atoms with van der Waals surface area (Å²) in [5, 5.41) is 6.21. The van der Waals surface area contributed by atoms with Crippen molar-refractivity contribution < 1.29 is 9.18 Å². The molecule has 1 heterocycles. The molecule has 4 heteroatoms. The zero-order valence-electron chi connectivity index (χ0n) is 10.9. The number of carbonyl (C=O) groups excluding carboxylic acids is 1. The highest BCUT2D eigenvalue weighted by Crippen LogP contribution is 2.08. The summed E-state index contributed by atoms with van der Waals surface area (Å²) >= 11 is 0. The minimum absolute atomic E-state index is 0.102. The molecule has 0 aromatic heterocycles. The summed E-state index contributed by atoms with van der Waals surface area (Å²) in [6.07, 6.45) is 5.51. The Morgan fingerprint density at radius 3 is 2.89 bits per heavy atom. The van der Waals surface area contributed by atoms with Gasteiger partial charge < -0.3 is 10.6 Å². The van der Waals surface area contributed by atoms with E-state index in [9.17, 15) is 9.18 Å². The van der Waals surface area contributed by atoms with Gasteiger partial charge >= 0.3 is 0 Å². The maximum absolute atomic E-state index is 12.7. The van der Waals surface area contributed by atoms with E-state index in [4.69, 9.17) is 0 Å². The van der Waals surface area contributed by atoms with Crippen molar-refractivity contribution in [3.05, 3.63) is 41.7 Å². The maximum atomic E-state index is 12.7. The van der Waals surface area contributed by atoms with E-state index >= 15 is 0 Å². The number of carbonyl (C=O) groups is 1. The van der Waals surface area contributed by atoms with Crippen LogP contribution < -0.4 is 10.6 Å². The van der Waals surface area contributed by atoms with Crippen molar-refractivity contribution in [3.63, 3.8) is 0 Å². The van der Waals surface area contributed by atoms with Gasteiger partial charge in [0.05, 0.1) is 0 Å². The number of hydrogen-bond donors (Lipinski definition) is 2. The first-order valence-corrected chi connectivity index (χ1v) is 6.66. The van der Waals surface area contributed by atoms with Gasteiger partial charge in [-0.3, -0.25) is 4.79 Å². The molecule has 1 amide bonds. The maximum Gasteiger partial charge on any atom is 0.244 e. The Morgan fingerprint density at radius 2 is 2.21 bits per heavy atom. The van der Waals surface area contributed by atoms with Crippen molar-refractivity contribution in [2.24, 2.45) is 5.92 Å². The van der Waals surface area contributed by atoms with Gasteiger partial charge in [-0.25, -0.2) is 4.39 Å². The summed E-state index contributed by atoms with van der Waals surface area (Å²) in [5.41, 5.74) is 0.816. The zero-order chi connectivity index (χ0) is 13.5. The summed E-state index contributed by atoms with van der Waals surface area (Å²) in [4.78, 5) is 11.6. The Labute approximate surface area is 112 Å².